The zero-order valence-corrected chi connectivity index (χ0v) is 10.3. The van der Waals surface area contributed by atoms with Crippen molar-refractivity contribution in [3.63, 3.8) is 0 Å². The van der Waals surface area contributed by atoms with Crippen molar-refractivity contribution in [3.8, 4) is 0 Å². The molecule has 0 N–H and O–H groups in total. The third kappa shape index (κ3) is 2.22. The van der Waals surface area contributed by atoms with Gasteiger partial charge >= 0.3 is 0 Å². The first-order valence-electron chi connectivity index (χ1n) is 5.67. The van der Waals surface area contributed by atoms with Crippen molar-refractivity contribution >= 4 is 5.69 Å². The van der Waals surface area contributed by atoms with E-state index in [9.17, 15) is 10.1 Å². The molecule has 1 aromatic carbocycles. The number of hydrogen-bond donors (Lipinski definition) is 0. The van der Waals surface area contributed by atoms with E-state index in [1.807, 2.05) is 12.1 Å². The molecule has 0 atom stereocenters. The van der Waals surface area contributed by atoms with E-state index >= 15 is 0 Å². The highest BCUT2D eigenvalue weighted by Crippen LogP contribution is 2.31. The summed E-state index contributed by atoms with van der Waals surface area (Å²) in [6.07, 6.45) is 3.50. The number of nitrogens with zero attached hydrogens (tertiary/aromatic N) is 2. The van der Waals surface area contributed by atoms with Crippen LogP contribution in [-0.2, 0) is 5.41 Å². The van der Waals surface area contributed by atoms with Crippen LogP contribution in [0.1, 0.15) is 25.0 Å². The maximum absolute atomic E-state index is 10.6. The first kappa shape index (κ1) is 12.2. The van der Waals surface area contributed by atoms with E-state index in [2.05, 4.69) is 18.8 Å². The summed E-state index contributed by atoms with van der Waals surface area (Å²) in [6.45, 7) is 4.17. The molecule has 0 saturated carbocycles. The number of aromatic nitrogens is 1. The van der Waals surface area contributed by atoms with E-state index < -0.39 is 0 Å². The van der Waals surface area contributed by atoms with Crippen LogP contribution in [0.15, 0.2) is 48.8 Å². The lowest BCUT2D eigenvalue weighted by Gasteiger charge is -2.25. The topological polar surface area (TPSA) is 56.0 Å². The molecule has 18 heavy (non-hydrogen) atoms. The molecule has 0 amide bonds. The fraction of sp³-hybridized carbons (Fsp3) is 0.214. The van der Waals surface area contributed by atoms with Crippen LogP contribution in [0.5, 0.6) is 0 Å². The maximum atomic E-state index is 10.6. The molecule has 0 unspecified atom stereocenters. The van der Waals surface area contributed by atoms with Gasteiger partial charge in [-0.25, -0.2) is 0 Å². The Kier molecular flexibility index (Phi) is 3.10. The van der Waals surface area contributed by atoms with Crippen molar-refractivity contribution in [2.45, 2.75) is 19.3 Å². The van der Waals surface area contributed by atoms with Gasteiger partial charge in [0.25, 0.3) is 5.69 Å². The normalized spacial score (nSPS) is 11.2. The number of nitro groups is 1. The summed E-state index contributed by atoms with van der Waals surface area (Å²) in [6, 6.07) is 10.6. The van der Waals surface area contributed by atoms with Crippen molar-refractivity contribution in [3.05, 3.63) is 70.0 Å². The molecule has 0 aliphatic rings. The smallest absolute Gasteiger partial charge is 0.265 e. The minimum atomic E-state index is -0.386. The van der Waals surface area contributed by atoms with E-state index in [-0.39, 0.29) is 16.0 Å². The van der Waals surface area contributed by atoms with Gasteiger partial charge < -0.3 is 0 Å². The molecular formula is C14H14N2O2. The first-order valence-corrected chi connectivity index (χ1v) is 5.67. The second-order valence-electron chi connectivity index (χ2n) is 4.66. The highest BCUT2D eigenvalue weighted by molar-refractivity contribution is 5.41. The Morgan fingerprint density at radius 2 is 1.50 bits per heavy atom. The fourth-order valence-corrected chi connectivity index (χ4v) is 1.94. The van der Waals surface area contributed by atoms with Gasteiger partial charge in [-0.2, -0.15) is 0 Å². The Morgan fingerprint density at radius 1 is 1.00 bits per heavy atom. The second kappa shape index (κ2) is 4.56. The Labute approximate surface area is 105 Å². The Morgan fingerprint density at radius 3 is 2.00 bits per heavy atom. The van der Waals surface area contributed by atoms with Crippen molar-refractivity contribution < 1.29 is 4.92 Å². The fourth-order valence-electron chi connectivity index (χ4n) is 1.94. The maximum Gasteiger partial charge on any atom is 0.269 e. The molecule has 1 heterocycles. The SMILES string of the molecule is CC(C)(c1ccncc1)c1ccc([N+](=O)[O-])cc1. The monoisotopic (exact) mass is 242 g/mol. The molecule has 4 heteroatoms. The highest BCUT2D eigenvalue weighted by atomic mass is 16.6. The van der Waals surface area contributed by atoms with Gasteiger partial charge in [-0.1, -0.05) is 26.0 Å². The van der Waals surface area contributed by atoms with Crippen LogP contribution >= 0.6 is 0 Å². The van der Waals surface area contributed by atoms with Gasteiger partial charge in [0.05, 0.1) is 4.92 Å². The number of benzene rings is 1. The summed E-state index contributed by atoms with van der Waals surface area (Å²) in [4.78, 5) is 14.2. The van der Waals surface area contributed by atoms with Crippen LogP contribution < -0.4 is 0 Å². The number of non-ortho nitro benzene ring substituents is 1. The summed E-state index contributed by atoms with van der Waals surface area (Å²) >= 11 is 0. The Hall–Kier alpha value is -2.23. The molecule has 92 valence electrons. The number of hydrogen-bond acceptors (Lipinski definition) is 3. The molecule has 2 aromatic rings. The average molecular weight is 242 g/mol. The lowest BCUT2D eigenvalue weighted by atomic mass is 9.78. The summed E-state index contributed by atoms with van der Waals surface area (Å²) in [5.41, 5.74) is 2.09. The molecular weight excluding hydrogens is 228 g/mol. The Balaban J connectivity index is 2.39. The lowest BCUT2D eigenvalue weighted by molar-refractivity contribution is -0.384. The minimum absolute atomic E-state index is 0.115. The molecule has 0 saturated heterocycles. The standard InChI is InChI=1S/C14H14N2O2/c1-14(2,12-7-9-15-10-8-12)11-3-5-13(6-4-11)16(17)18/h3-10H,1-2H3. The molecule has 0 aliphatic carbocycles. The van der Waals surface area contributed by atoms with Gasteiger partial charge in [0.15, 0.2) is 0 Å². The third-order valence-corrected chi connectivity index (χ3v) is 3.20. The average Bonchev–Trinajstić information content (AvgIpc) is 2.40. The van der Waals surface area contributed by atoms with E-state index in [0.29, 0.717) is 0 Å². The summed E-state index contributed by atoms with van der Waals surface area (Å²) in [5.74, 6) is 0. The molecule has 4 nitrogen and oxygen atoms in total. The zero-order valence-electron chi connectivity index (χ0n) is 10.3. The highest BCUT2D eigenvalue weighted by Gasteiger charge is 2.23. The number of rotatable bonds is 3. The second-order valence-corrected chi connectivity index (χ2v) is 4.66. The quantitative estimate of drug-likeness (QED) is 0.612. The van der Waals surface area contributed by atoms with Crippen molar-refractivity contribution in [1.29, 1.82) is 0 Å². The molecule has 1 aromatic heterocycles. The van der Waals surface area contributed by atoms with Gasteiger partial charge in [-0.15, -0.1) is 0 Å². The number of nitro benzene ring substituents is 1. The summed E-state index contributed by atoms with van der Waals surface area (Å²) < 4.78 is 0. The van der Waals surface area contributed by atoms with Gasteiger partial charge in [-0.05, 0) is 23.3 Å². The van der Waals surface area contributed by atoms with Crippen molar-refractivity contribution in [2.75, 3.05) is 0 Å². The largest absolute Gasteiger partial charge is 0.269 e. The summed E-state index contributed by atoms with van der Waals surface area (Å²) in [7, 11) is 0. The Bertz CT molecular complexity index is 548. The van der Waals surface area contributed by atoms with Crippen molar-refractivity contribution in [2.24, 2.45) is 0 Å². The minimum Gasteiger partial charge on any atom is -0.265 e. The molecule has 2 rings (SSSR count). The van der Waals surface area contributed by atoms with E-state index in [4.69, 9.17) is 0 Å². The van der Waals surface area contributed by atoms with Crippen LogP contribution in [0.4, 0.5) is 5.69 Å². The van der Waals surface area contributed by atoms with Gasteiger partial charge in [0.1, 0.15) is 0 Å². The zero-order chi connectivity index (χ0) is 13.2. The third-order valence-electron chi connectivity index (χ3n) is 3.20. The first-order chi connectivity index (χ1) is 8.51. The van der Waals surface area contributed by atoms with E-state index in [1.54, 1.807) is 24.5 Å². The lowest BCUT2D eigenvalue weighted by Crippen LogP contribution is -2.18. The van der Waals surface area contributed by atoms with Crippen LogP contribution in [0, 0.1) is 10.1 Å². The van der Waals surface area contributed by atoms with Gasteiger partial charge in [-0.3, -0.25) is 15.1 Å². The van der Waals surface area contributed by atoms with Crippen LogP contribution in [-0.4, -0.2) is 9.91 Å². The molecule has 0 aliphatic heterocycles. The molecule has 0 spiro atoms. The van der Waals surface area contributed by atoms with Crippen LogP contribution in [0.3, 0.4) is 0 Å². The van der Waals surface area contributed by atoms with Crippen molar-refractivity contribution in [1.82, 2.24) is 4.98 Å². The predicted octanol–water partition coefficient (Wildman–Crippen LogP) is 3.32. The van der Waals surface area contributed by atoms with Crippen LogP contribution in [0.25, 0.3) is 0 Å². The number of pyridine rings is 1. The predicted molar refractivity (Wildman–Crippen MR) is 69.5 cm³/mol. The molecule has 0 fully saturated rings. The van der Waals surface area contributed by atoms with E-state index in [1.165, 1.54) is 12.1 Å². The van der Waals surface area contributed by atoms with Gasteiger partial charge in [0.2, 0.25) is 0 Å². The van der Waals surface area contributed by atoms with E-state index in [0.717, 1.165) is 11.1 Å². The van der Waals surface area contributed by atoms with Gasteiger partial charge in [0, 0.05) is 29.9 Å². The summed E-state index contributed by atoms with van der Waals surface area (Å²) in [5, 5.41) is 10.6. The molecule has 0 bridgehead atoms. The van der Waals surface area contributed by atoms with Crippen LogP contribution in [0.2, 0.25) is 0 Å². The molecule has 0 radical (unpaired) electrons.